The number of anilines is 3. The Kier molecular flexibility index (Phi) is 5.58. The minimum atomic E-state index is -0.877. The zero-order chi connectivity index (χ0) is 22.0. The van der Waals surface area contributed by atoms with Gasteiger partial charge in [-0.25, -0.2) is 4.98 Å². The van der Waals surface area contributed by atoms with Crippen molar-refractivity contribution in [2.75, 3.05) is 16.0 Å². The van der Waals surface area contributed by atoms with Gasteiger partial charge >= 0.3 is 0 Å². The van der Waals surface area contributed by atoms with Crippen LogP contribution in [0.1, 0.15) is 31.1 Å². The molecule has 1 aromatic heterocycles. The Morgan fingerprint density at radius 3 is 2.52 bits per heavy atom. The van der Waals surface area contributed by atoms with Crippen molar-refractivity contribution in [1.29, 1.82) is 0 Å². The van der Waals surface area contributed by atoms with Gasteiger partial charge in [-0.15, -0.1) is 0 Å². The molecule has 2 amide bonds. The molecule has 2 unspecified atom stereocenters. The van der Waals surface area contributed by atoms with Crippen LogP contribution in [-0.4, -0.2) is 22.8 Å². The van der Waals surface area contributed by atoms with Crippen molar-refractivity contribution in [3.8, 4) is 5.75 Å². The maximum absolute atomic E-state index is 13.4. The van der Waals surface area contributed by atoms with Crippen molar-refractivity contribution >= 4 is 29.1 Å². The van der Waals surface area contributed by atoms with Crippen LogP contribution in [-0.2, 0) is 16.0 Å². The summed E-state index contributed by atoms with van der Waals surface area (Å²) in [5, 5.41) is 2.88. The van der Waals surface area contributed by atoms with E-state index in [9.17, 15) is 9.59 Å². The molecule has 3 N–H and O–H groups in total. The molecule has 2 heterocycles. The Hall–Kier alpha value is -3.87. The first kappa shape index (κ1) is 20.4. The van der Waals surface area contributed by atoms with E-state index in [4.69, 9.17) is 10.5 Å². The van der Waals surface area contributed by atoms with E-state index in [2.05, 4.69) is 17.2 Å². The molecule has 0 saturated heterocycles. The Morgan fingerprint density at radius 1 is 1.13 bits per heavy atom. The molecule has 0 radical (unpaired) electrons. The van der Waals surface area contributed by atoms with Crippen LogP contribution in [0.2, 0.25) is 0 Å². The van der Waals surface area contributed by atoms with Gasteiger partial charge in [0.25, 0.3) is 5.91 Å². The molecule has 0 spiro atoms. The highest BCUT2D eigenvalue weighted by molar-refractivity contribution is 6.07. The molecule has 7 heteroatoms. The number of nitrogens with two attached hydrogens (primary N) is 1. The zero-order valence-electron chi connectivity index (χ0n) is 17.4. The molecule has 0 aliphatic carbocycles. The third kappa shape index (κ3) is 4.07. The first-order valence-corrected chi connectivity index (χ1v) is 10.2. The number of aryl methyl sites for hydroxylation is 1. The highest BCUT2D eigenvalue weighted by Gasteiger charge is 2.41. The fraction of sp³-hybridized carbons (Fsp3) is 0.208. The van der Waals surface area contributed by atoms with E-state index >= 15 is 0 Å². The van der Waals surface area contributed by atoms with Crippen molar-refractivity contribution in [2.45, 2.75) is 32.4 Å². The summed E-state index contributed by atoms with van der Waals surface area (Å²) >= 11 is 0. The maximum atomic E-state index is 13.4. The van der Waals surface area contributed by atoms with E-state index in [-0.39, 0.29) is 23.5 Å². The summed E-state index contributed by atoms with van der Waals surface area (Å²) in [6.45, 7) is 3.73. The summed E-state index contributed by atoms with van der Waals surface area (Å²) in [4.78, 5) is 32.1. The molecule has 3 aromatic rings. The fourth-order valence-corrected chi connectivity index (χ4v) is 3.52. The molecule has 2 atom stereocenters. The number of hydrogen-bond donors (Lipinski definition) is 2. The number of pyridine rings is 1. The van der Waals surface area contributed by atoms with E-state index in [0.29, 0.717) is 17.0 Å². The van der Waals surface area contributed by atoms with Crippen molar-refractivity contribution in [2.24, 2.45) is 0 Å². The van der Waals surface area contributed by atoms with Gasteiger partial charge in [-0.2, -0.15) is 0 Å². The zero-order valence-corrected chi connectivity index (χ0v) is 17.4. The third-order valence-electron chi connectivity index (χ3n) is 5.29. The van der Waals surface area contributed by atoms with Gasteiger partial charge in [-0.05, 0) is 43.2 Å². The molecule has 0 saturated carbocycles. The Bertz CT molecular complexity index is 1100. The standard InChI is InChI=1S/C24H24N4O3/c1-3-16-9-11-18(12-10-16)26-23(29)15(2)28-22-19(13-14-20(25)27-22)31-21(24(28)30)17-7-5-4-6-8-17/h4-15,21H,3H2,1-2H3,(H2,25,27)(H,26,29). The molecule has 0 bridgehead atoms. The normalized spacial score (nSPS) is 16.3. The fourth-order valence-electron chi connectivity index (χ4n) is 3.52. The predicted molar refractivity (Wildman–Crippen MR) is 120 cm³/mol. The Balaban J connectivity index is 1.66. The van der Waals surface area contributed by atoms with Crippen LogP contribution in [0.15, 0.2) is 66.7 Å². The highest BCUT2D eigenvalue weighted by Crippen LogP contribution is 2.39. The van der Waals surface area contributed by atoms with E-state index in [1.165, 1.54) is 10.5 Å². The predicted octanol–water partition coefficient (Wildman–Crippen LogP) is 3.72. The molecule has 7 nitrogen and oxygen atoms in total. The van der Waals surface area contributed by atoms with Crippen molar-refractivity contribution in [3.05, 3.63) is 77.9 Å². The number of benzene rings is 2. The Morgan fingerprint density at radius 2 is 1.84 bits per heavy atom. The quantitative estimate of drug-likeness (QED) is 0.661. The molecule has 0 fully saturated rings. The lowest BCUT2D eigenvalue weighted by molar-refractivity contribution is -0.129. The molecule has 1 aliphatic heterocycles. The molecular formula is C24H24N4O3. The number of nitrogens with zero attached hydrogens (tertiary/aromatic N) is 2. The van der Waals surface area contributed by atoms with Crippen molar-refractivity contribution in [3.63, 3.8) is 0 Å². The number of ether oxygens (including phenoxy) is 1. The number of hydrogen-bond acceptors (Lipinski definition) is 5. The number of rotatable bonds is 5. The minimum absolute atomic E-state index is 0.237. The van der Waals surface area contributed by atoms with Gasteiger partial charge in [-0.3, -0.25) is 14.5 Å². The van der Waals surface area contributed by atoms with Crippen molar-refractivity contribution < 1.29 is 14.3 Å². The van der Waals surface area contributed by atoms with Gasteiger partial charge in [0.2, 0.25) is 12.0 Å². The number of aromatic nitrogens is 1. The van der Waals surface area contributed by atoms with E-state index in [1.54, 1.807) is 19.1 Å². The van der Waals surface area contributed by atoms with Gasteiger partial charge in [-0.1, -0.05) is 49.4 Å². The van der Waals surface area contributed by atoms with E-state index < -0.39 is 12.1 Å². The van der Waals surface area contributed by atoms with Crippen LogP contribution in [0.5, 0.6) is 5.75 Å². The topological polar surface area (TPSA) is 97.5 Å². The number of nitrogen functional groups attached to an aromatic ring is 1. The minimum Gasteiger partial charge on any atom is -0.472 e. The number of carbonyl (C=O) groups is 2. The van der Waals surface area contributed by atoms with Gasteiger partial charge in [0.15, 0.2) is 11.6 Å². The van der Waals surface area contributed by atoms with Gasteiger partial charge in [0, 0.05) is 11.3 Å². The smallest absolute Gasteiger partial charge is 0.274 e. The summed E-state index contributed by atoms with van der Waals surface area (Å²) in [5.41, 5.74) is 8.39. The second-order valence-corrected chi connectivity index (χ2v) is 7.39. The maximum Gasteiger partial charge on any atom is 0.274 e. The molecule has 31 heavy (non-hydrogen) atoms. The molecular weight excluding hydrogens is 392 g/mol. The third-order valence-corrected chi connectivity index (χ3v) is 5.29. The summed E-state index contributed by atoms with van der Waals surface area (Å²) in [7, 11) is 0. The first-order valence-electron chi connectivity index (χ1n) is 10.2. The van der Waals surface area contributed by atoms with Crippen LogP contribution in [0.3, 0.4) is 0 Å². The molecule has 4 rings (SSSR count). The van der Waals surface area contributed by atoms with Crippen molar-refractivity contribution in [1.82, 2.24) is 4.98 Å². The summed E-state index contributed by atoms with van der Waals surface area (Å²) in [6, 6.07) is 19.2. The lowest BCUT2D eigenvalue weighted by atomic mass is 10.0. The Labute approximate surface area is 180 Å². The SMILES string of the molecule is CCc1ccc(NC(=O)C(C)N2C(=O)C(c3ccccc3)Oc3ccc(N)nc32)cc1. The van der Waals surface area contributed by atoms with Gasteiger partial charge < -0.3 is 15.8 Å². The highest BCUT2D eigenvalue weighted by atomic mass is 16.5. The molecule has 158 valence electrons. The second kappa shape index (κ2) is 8.47. The number of nitrogens with one attached hydrogen (secondary N) is 1. The van der Waals surface area contributed by atoms with Crippen LogP contribution in [0, 0.1) is 0 Å². The van der Waals surface area contributed by atoms with Gasteiger partial charge in [0.05, 0.1) is 0 Å². The number of carbonyl (C=O) groups excluding carboxylic acids is 2. The summed E-state index contributed by atoms with van der Waals surface area (Å²) < 4.78 is 5.95. The molecule has 1 aliphatic rings. The average molecular weight is 416 g/mol. The monoisotopic (exact) mass is 416 g/mol. The van der Waals surface area contributed by atoms with Crippen LogP contribution >= 0.6 is 0 Å². The van der Waals surface area contributed by atoms with Crippen LogP contribution in [0.25, 0.3) is 0 Å². The first-order chi connectivity index (χ1) is 15.0. The van der Waals surface area contributed by atoms with E-state index in [0.717, 1.165) is 6.42 Å². The van der Waals surface area contributed by atoms with E-state index in [1.807, 2.05) is 54.6 Å². The largest absolute Gasteiger partial charge is 0.472 e. The van der Waals surface area contributed by atoms with Crippen LogP contribution < -0.4 is 20.7 Å². The number of amides is 2. The summed E-state index contributed by atoms with van der Waals surface area (Å²) in [5.74, 6) is 0.166. The lowest BCUT2D eigenvalue weighted by Gasteiger charge is -2.36. The van der Waals surface area contributed by atoms with Crippen LogP contribution in [0.4, 0.5) is 17.3 Å². The van der Waals surface area contributed by atoms with Gasteiger partial charge in [0.1, 0.15) is 11.9 Å². The second-order valence-electron chi connectivity index (χ2n) is 7.39. The average Bonchev–Trinajstić information content (AvgIpc) is 2.79. The lowest BCUT2D eigenvalue weighted by Crippen LogP contribution is -2.51. The number of fused-ring (bicyclic) bond motifs is 1. The summed E-state index contributed by atoms with van der Waals surface area (Å²) in [6.07, 6.45) is 0.0377. The molecule has 2 aromatic carbocycles.